The van der Waals surface area contributed by atoms with Crippen LogP contribution in [0.4, 0.5) is 5.69 Å². The van der Waals surface area contributed by atoms with Gasteiger partial charge in [-0.1, -0.05) is 28.1 Å². The van der Waals surface area contributed by atoms with Gasteiger partial charge in [0, 0.05) is 22.3 Å². The van der Waals surface area contributed by atoms with E-state index >= 15 is 0 Å². The maximum atomic E-state index is 12.8. The van der Waals surface area contributed by atoms with Gasteiger partial charge in [-0.3, -0.25) is 9.48 Å². The topological polar surface area (TPSA) is 83.8 Å². The van der Waals surface area contributed by atoms with Crippen molar-refractivity contribution in [3.8, 4) is 17.2 Å². The lowest BCUT2D eigenvalue weighted by Crippen LogP contribution is -2.22. The van der Waals surface area contributed by atoms with Crippen LogP contribution in [-0.4, -0.2) is 37.0 Å². The predicted molar refractivity (Wildman–Crippen MR) is 118 cm³/mol. The van der Waals surface area contributed by atoms with Crippen molar-refractivity contribution in [3.63, 3.8) is 0 Å². The molecule has 1 aromatic heterocycles. The fraction of sp³-hybridized carbons (Fsp3) is 0.273. The van der Waals surface area contributed by atoms with Crippen molar-refractivity contribution in [2.24, 2.45) is 0 Å². The number of halogens is 1. The van der Waals surface area contributed by atoms with Crippen molar-refractivity contribution >= 4 is 27.5 Å². The standard InChI is InChI=1S/C22H22BrN3O5/c1-28-18-8-15(9-19(29-2)21(18)30-3)24-22(27)17-10-16-12-31-20(11-26(16)25-17)13-4-6-14(23)7-5-13/h4-10,20H,11-12H2,1-3H3,(H,24,27). The zero-order chi connectivity index (χ0) is 22.0. The molecule has 0 fully saturated rings. The Kier molecular flexibility index (Phi) is 6.15. The smallest absolute Gasteiger partial charge is 0.276 e. The van der Waals surface area contributed by atoms with Gasteiger partial charge in [-0.2, -0.15) is 5.10 Å². The molecule has 1 amide bonds. The molecule has 0 bridgehead atoms. The van der Waals surface area contributed by atoms with Gasteiger partial charge in [0.05, 0.1) is 40.2 Å². The number of anilines is 1. The molecular weight excluding hydrogens is 466 g/mol. The fourth-order valence-electron chi connectivity index (χ4n) is 3.46. The molecule has 4 rings (SSSR count). The van der Waals surface area contributed by atoms with Crippen LogP contribution in [0.5, 0.6) is 17.2 Å². The molecule has 0 aliphatic carbocycles. The summed E-state index contributed by atoms with van der Waals surface area (Å²) in [6.07, 6.45) is -0.119. The van der Waals surface area contributed by atoms with Crippen molar-refractivity contribution in [2.75, 3.05) is 26.6 Å². The number of methoxy groups -OCH3 is 3. The Morgan fingerprint density at radius 3 is 2.39 bits per heavy atom. The van der Waals surface area contributed by atoms with E-state index in [4.69, 9.17) is 18.9 Å². The maximum absolute atomic E-state index is 12.8. The van der Waals surface area contributed by atoms with Gasteiger partial charge < -0.3 is 24.3 Å². The lowest BCUT2D eigenvalue weighted by molar-refractivity contribution is -0.00119. The summed E-state index contributed by atoms with van der Waals surface area (Å²) in [7, 11) is 4.57. The van der Waals surface area contributed by atoms with Crippen LogP contribution in [0.1, 0.15) is 27.8 Å². The summed E-state index contributed by atoms with van der Waals surface area (Å²) >= 11 is 3.44. The average molecular weight is 488 g/mol. The van der Waals surface area contributed by atoms with Gasteiger partial charge in [0.15, 0.2) is 17.2 Å². The Morgan fingerprint density at radius 2 is 1.77 bits per heavy atom. The summed E-state index contributed by atoms with van der Waals surface area (Å²) in [4.78, 5) is 12.8. The first-order chi connectivity index (χ1) is 15.0. The fourth-order valence-corrected chi connectivity index (χ4v) is 3.73. The number of nitrogens with one attached hydrogen (secondary N) is 1. The van der Waals surface area contributed by atoms with Crippen molar-refractivity contribution in [1.82, 2.24) is 9.78 Å². The zero-order valence-electron chi connectivity index (χ0n) is 17.3. The van der Waals surface area contributed by atoms with E-state index in [9.17, 15) is 4.79 Å². The van der Waals surface area contributed by atoms with Gasteiger partial charge >= 0.3 is 0 Å². The second-order valence-electron chi connectivity index (χ2n) is 6.92. The summed E-state index contributed by atoms with van der Waals surface area (Å²) in [6.45, 7) is 0.916. The van der Waals surface area contributed by atoms with Crippen LogP contribution < -0.4 is 19.5 Å². The van der Waals surface area contributed by atoms with Gasteiger partial charge in [-0.15, -0.1) is 0 Å². The van der Waals surface area contributed by atoms with Gasteiger partial charge in [-0.05, 0) is 23.8 Å². The number of nitrogens with zero attached hydrogens (tertiary/aromatic N) is 2. The van der Waals surface area contributed by atoms with Crippen LogP contribution in [0.2, 0.25) is 0 Å². The zero-order valence-corrected chi connectivity index (χ0v) is 18.9. The first-order valence-corrected chi connectivity index (χ1v) is 10.4. The van der Waals surface area contributed by atoms with Crippen molar-refractivity contribution < 1.29 is 23.7 Å². The lowest BCUT2D eigenvalue weighted by Gasteiger charge is -2.24. The van der Waals surface area contributed by atoms with Crippen LogP contribution in [0.25, 0.3) is 0 Å². The minimum atomic E-state index is -0.337. The van der Waals surface area contributed by atoms with Crippen LogP contribution in [0.15, 0.2) is 46.9 Å². The molecule has 0 radical (unpaired) electrons. The molecule has 9 heteroatoms. The normalized spacial score (nSPS) is 15.2. The van der Waals surface area contributed by atoms with Crippen LogP contribution in [0, 0.1) is 0 Å². The third kappa shape index (κ3) is 4.38. The molecule has 2 aromatic carbocycles. The molecule has 0 spiro atoms. The van der Waals surface area contributed by atoms with Crippen molar-refractivity contribution in [3.05, 3.63) is 63.9 Å². The van der Waals surface area contributed by atoms with Gasteiger partial charge in [-0.25, -0.2) is 0 Å². The predicted octanol–water partition coefficient (Wildman–Crippen LogP) is 4.20. The number of hydrogen-bond donors (Lipinski definition) is 1. The Bertz CT molecular complexity index is 1070. The summed E-state index contributed by atoms with van der Waals surface area (Å²) in [5, 5.41) is 7.33. The first kappa shape index (κ1) is 21.2. The number of rotatable bonds is 6. The van der Waals surface area contributed by atoms with E-state index in [0.29, 0.717) is 41.8 Å². The Morgan fingerprint density at radius 1 is 1.10 bits per heavy atom. The van der Waals surface area contributed by atoms with Gasteiger partial charge in [0.1, 0.15) is 6.10 Å². The summed E-state index contributed by atoms with van der Waals surface area (Å²) in [6, 6.07) is 13.1. The molecule has 31 heavy (non-hydrogen) atoms. The highest BCUT2D eigenvalue weighted by Gasteiger charge is 2.24. The largest absolute Gasteiger partial charge is 0.493 e. The number of carbonyl (C=O) groups is 1. The quantitative estimate of drug-likeness (QED) is 0.560. The van der Waals surface area contributed by atoms with E-state index in [1.54, 1.807) is 18.2 Å². The Hall–Kier alpha value is -3.04. The summed E-state index contributed by atoms with van der Waals surface area (Å²) in [5.74, 6) is 1.02. The van der Waals surface area contributed by atoms with E-state index in [-0.39, 0.29) is 12.0 Å². The molecule has 0 saturated carbocycles. The van der Waals surface area contributed by atoms with Crippen LogP contribution in [-0.2, 0) is 17.9 Å². The lowest BCUT2D eigenvalue weighted by atomic mass is 10.1. The third-order valence-corrected chi connectivity index (χ3v) is 5.56. The van der Waals surface area contributed by atoms with E-state index < -0.39 is 0 Å². The highest BCUT2D eigenvalue weighted by Crippen LogP contribution is 2.40. The highest BCUT2D eigenvalue weighted by molar-refractivity contribution is 9.10. The SMILES string of the molecule is COc1cc(NC(=O)c2cc3n(n2)CC(c2ccc(Br)cc2)OC3)cc(OC)c1OC. The van der Waals surface area contributed by atoms with E-state index in [2.05, 4.69) is 26.3 Å². The Labute approximate surface area is 188 Å². The molecule has 162 valence electrons. The molecule has 1 aliphatic heterocycles. The Balaban J connectivity index is 1.52. The van der Waals surface area contributed by atoms with Gasteiger partial charge in [0.2, 0.25) is 5.75 Å². The van der Waals surface area contributed by atoms with E-state index in [1.807, 2.05) is 28.9 Å². The number of benzene rings is 2. The molecule has 2 heterocycles. The highest BCUT2D eigenvalue weighted by atomic mass is 79.9. The number of aromatic nitrogens is 2. The monoisotopic (exact) mass is 487 g/mol. The molecule has 1 atom stereocenters. The molecule has 8 nitrogen and oxygen atoms in total. The molecular formula is C22H22BrN3O5. The van der Waals surface area contributed by atoms with E-state index in [0.717, 1.165) is 15.7 Å². The van der Waals surface area contributed by atoms with Crippen LogP contribution >= 0.6 is 15.9 Å². The molecule has 1 N–H and O–H groups in total. The maximum Gasteiger partial charge on any atom is 0.276 e. The molecule has 1 aliphatic rings. The second-order valence-corrected chi connectivity index (χ2v) is 7.84. The van der Waals surface area contributed by atoms with Crippen molar-refractivity contribution in [1.29, 1.82) is 0 Å². The molecule has 3 aromatic rings. The van der Waals surface area contributed by atoms with E-state index in [1.165, 1.54) is 21.3 Å². The average Bonchev–Trinajstić information content (AvgIpc) is 3.22. The van der Waals surface area contributed by atoms with Gasteiger partial charge in [0.25, 0.3) is 5.91 Å². The number of carbonyl (C=O) groups excluding carboxylic acids is 1. The minimum Gasteiger partial charge on any atom is -0.493 e. The molecule has 0 saturated heterocycles. The second kappa shape index (κ2) is 8.99. The number of amides is 1. The molecule has 1 unspecified atom stereocenters. The number of ether oxygens (including phenoxy) is 4. The number of hydrogen-bond acceptors (Lipinski definition) is 6. The van der Waals surface area contributed by atoms with Crippen molar-refractivity contribution in [2.45, 2.75) is 19.3 Å². The summed E-state index contributed by atoms with van der Waals surface area (Å²) < 4.78 is 24.8. The summed E-state index contributed by atoms with van der Waals surface area (Å²) in [5.41, 5.74) is 2.73. The number of fused-ring (bicyclic) bond motifs is 1. The van der Waals surface area contributed by atoms with Crippen LogP contribution in [0.3, 0.4) is 0 Å². The first-order valence-electron chi connectivity index (χ1n) is 9.57. The third-order valence-electron chi connectivity index (χ3n) is 5.03. The minimum absolute atomic E-state index is 0.119.